The van der Waals surface area contributed by atoms with Crippen LogP contribution >= 0.6 is 0 Å². The van der Waals surface area contributed by atoms with Gasteiger partial charge in [-0.1, -0.05) is 54.5 Å². The zero-order valence-electron chi connectivity index (χ0n) is 21.0. The average Bonchev–Trinajstić information content (AvgIpc) is 3.35. The van der Waals surface area contributed by atoms with Crippen LogP contribution in [0.2, 0.25) is 0 Å². The maximum absolute atomic E-state index is 13.0. The van der Waals surface area contributed by atoms with Crippen LogP contribution in [0.4, 0.5) is 0 Å². The third-order valence-corrected chi connectivity index (χ3v) is 7.43. The molecule has 0 spiro atoms. The molecule has 0 saturated heterocycles. The second kappa shape index (κ2) is 9.81. The minimum Gasteiger partial charge on any atom is -0.321 e. The summed E-state index contributed by atoms with van der Waals surface area (Å²) in [5, 5.41) is 3.87. The summed E-state index contributed by atoms with van der Waals surface area (Å²) in [7, 11) is 0. The van der Waals surface area contributed by atoms with Gasteiger partial charge in [-0.25, -0.2) is 9.78 Å². The van der Waals surface area contributed by atoms with Gasteiger partial charge in [0.15, 0.2) is 11.6 Å². The maximum Gasteiger partial charge on any atom is 0.439 e. The van der Waals surface area contributed by atoms with Crippen LogP contribution in [0.1, 0.15) is 88.3 Å². The lowest BCUT2D eigenvalue weighted by Crippen LogP contribution is -2.13. The van der Waals surface area contributed by atoms with E-state index in [4.69, 9.17) is 9.51 Å². The number of hydrogen-bond acceptors (Lipinski definition) is 5. The van der Waals surface area contributed by atoms with Crippen molar-refractivity contribution in [3.05, 3.63) is 104 Å². The van der Waals surface area contributed by atoms with Gasteiger partial charge in [-0.15, -0.1) is 0 Å². The third-order valence-electron chi connectivity index (χ3n) is 7.43. The number of imidazole rings is 1. The highest BCUT2D eigenvalue weighted by molar-refractivity contribution is 5.96. The van der Waals surface area contributed by atoms with Gasteiger partial charge in [0, 0.05) is 19.4 Å². The summed E-state index contributed by atoms with van der Waals surface area (Å²) in [6.45, 7) is 2.79. The Balaban J connectivity index is 1.43. The topological polar surface area (TPSA) is 93.8 Å². The van der Waals surface area contributed by atoms with Crippen molar-refractivity contribution >= 4 is 17.4 Å². The summed E-state index contributed by atoms with van der Waals surface area (Å²) in [5.74, 6) is 1.07. The molecule has 0 amide bonds. The van der Waals surface area contributed by atoms with E-state index in [1.807, 2.05) is 12.1 Å². The molecule has 0 aliphatic heterocycles. The molecule has 7 heteroatoms. The average molecular weight is 495 g/mol. The first-order chi connectivity index (χ1) is 18.1. The van der Waals surface area contributed by atoms with Crippen LogP contribution in [0, 0.1) is 0 Å². The molecule has 1 N–H and O–H groups in total. The Morgan fingerprint density at radius 3 is 2.65 bits per heavy atom. The highest BCUT2D eigenvalue weighted by Crippen LogP contribution is 2.35. The smallest absolute Gasteiger partial charge is 0.321 e. The second-order valence-corrected chi connectivity index (χ2v) is 9.98. The number of aromatic nitrogens is 4. The Bertz CT molecular complexity index is 1570. The third kappa shape index (κ3) is 4.50. The van der Waals surface area contributed by atoms with Crippen molar-refractivity contribution in [2.45, 2.75) is 64.8 Å². The number of ketones is 1. The second-order valence-electron chi connectivity index (χ2n) is 9.98. The quantitative estimate of drug-likeness (QED) is 0.387. The zero-order valence-corrected chi connectivity index (χ0v) is 21.0. The Labute approximate surface area is 215 Å². The first-order valence-corrected chi connectivity index (χ1v) is 13.2. The van der Waals surface area contributed by atoms with Crippen molar-refractivity contribution in [1.29, 1.82) is 0 Å². The summed E-state index contributed by atoms with van der Waals surface area (Å²) in [5.41, 5.74) is 8.71. The normalized spacial score (nSPS) is 16.1. The highest BCUT2D eigenvalue weighted by Gasteiger charge is 2.25. The molecule has 0 bridgehead atoms. The van der Waals surface area contributed by atoms with Crippen molar-refractivity contribution in [3.8, 4) is 0 Å². The van der Waals surface area contributed by atoms with E-state index in [0.29, 0.717) is 18.8 Å². The van der Waals surface area contributed by atoms with E-state index in [1.54, 1.807) is 0 Å². The lowest BCUT2D eigenvalue weighted by atomic mass is 9.92. The standard InChI is InChI=1S/C30H30N4O3/c1-2-7-28-31-25-10-5-6-11-26(35)29(25)34(28)18-19-12-15-23-21(16-19)14-13-20-8-3-4-9-22(20)24(23)17-27-32-30(36)37-33-27/h3-4,8-9,12,15-17H,2,5-7,10-11,13-14,18H2,1H3,(H,32,33,36). The number of nitrogens with zero attached hydrogens (tertiary/aromatic N) is 3. The molecule has 37 heavy (non-hydrogen) atoms. The van der Waals surface area contributed by atoms with Gasteiger partial charge in [0.05, 0.1) is 5.69 Å². The maximum atomic E-state index is 13.0. The monoisotopic (exact) mass is 494 g/mol. The fourth-order valence-electron chi connectivity index (χ4n) is 5.73. The molecule has 0 fully saturated rings. The number of fused-ring (bicyclic) bond motifs is 3. The molecule has 0 atom stereocenters. The number of rotatable bonds is 5. The van der Waals surface area contributed by atoms with Gasteiger partial charge in [-0.2, -0.15) is 0 Å². The van der Waals surface area contributed by atoms with Crippen molar-refractivity contribution in [3.63, 3.8) is 0 Å². The van der Waals surface area contributed by atoms with Crippen LogP contribution in [0.5, 0.6) is 0 Å². The summed E-state index contributed by atoms with van der Waals surface area (Å²) in [4.78, 5) is 32.2. The molecule has 4 aromatic rings. The number of hydrogen-bond donors (Lipinski definition) is 1. The fraction of sp³-hybridized carbons (Fsp3) is 0.333. The van der Waals surface area contributed by atoms with E-state index >= 15 is 0 Å². The summed E-state index contributed by atoms with van der Waals surface area (Å²) in [6, 6.07) is 14.9. The van der Waals surface area contributed by atoms with Gasteiger partial charge in [0.25, 0.3) is 0 Å². The molecule has 2 aromatic heterocycles. The fourth-order valence-corrected chi connectivity index (χ4v) is 5.73. The number of nitrogens with one attached hydrogen (secondary N) is 1. The number of carbonyl (C=O) groups is 1. The molecule has 7 nitrogen and oxygen atoms in total. The van der Waals surface area contributed by atoms with Crippen LogP contribution in [0.3, 0.4) is 0 Å². The van der Waals surface area contributed by atoms with E-state index in [-0.39, 0.29) is 5.78 Å². The van der Waals surface area contributed by atoms with Crippen LogP contribution < -0.4 is 5.76 Å². The largest absolute Gasteiger partial charge is 0.439 e. The van der Waals surface area contributed by atoms with Crippen molar-refractivity contribution in [1.82, 2.24) is 19.7 Å². The van der Waals surface area contributed by atoms with Crippen molar-refractivity contribution in [2.75, 3.05) is 0 Å². The SMILES string of the molecule is CCCc1nc2c(n1Cc1ccc3c(c1)CCc1ccccc1C3=Cc1noc(=O)[nH]1)C(=O)CCCC2. The molecule has 2 aliphatic rings. The Hall–Kier alpha value is -4.00. The lowest BCUT2D eigenvalue weighted by molar-refractivity contribution is 0.0973. The van der Waals surface area contributed by atoms with E-state index in [2.05, 4.69) is 58.0 Å². The molecule has 2 heterocycles. The number of aryl methyl sites for hydroxylation is 4. The molecular weight excluding hydrogens is 464 g/mol. The van der Waals surface area contributed by atoms with Crippen molar-refractivity contribution < 1.29 is 9.32 Å². The Kier molecular flexibility index (Phi) is 6.20. The molecule has 0 radical (unpaired) electrons. The van der Waals surface area contributed by atoms with Gasteiger partial charge < -0.3 is 4.57 Å². The van der Waals surface area contributed by atoms with E-state index in [9.17, 15) is 9.59 Å². The van der Waals surface area contributed by atoms with Gasteiger partial charge >= 0.3 is 5.76 Å². The number of benzene rings is 2. The first-order valence-electron chi connectivity index (χ1n) is 13.2. The lowest BCUT2D eigenvalue weighted by Gasteiger charge is -2.15. The molecule has 2 aliphatic carbocycles. The first kappa shape index (κ1) is 23.4. The number of H-pyrrole nitrogens is 1. The predicted molar refractivity (Wildman–Crippen MR) is 142 cm³/mol. The van der Waals surface area contributed by atoms with Crippen LogP contribution in [-0.4, -0.2) is 25.5 Å². The molecule has 0 unspecified atom stereocenters. The van der Waals surface area contributed by atoms with Crippen LogP contribution in [-0.2, 0) is 32.2 Å². The van der Waals surface area contributed by atoms with E-state index < -0.39 is 5.76 Å². The summed E-state index contributed by atoms with van der Waals surface area (Å²) in [6.07, 6.45) is 9.00. The highest BCUT2D eigenvalue weighted by atomic mass is 16.5. The van der Waals surface area contributed by atoms with Gasteiger partial charge in [-0.05, 0) is 78.0 Å². The zero-order chi connectivity index (χ0) is 25.4. The molecule has 6 rings (SSSR count). The van der Waals surface area contributed by atoms with Crippen molar-refractivity contribution in [2.24, 2.45) is 0 Å². The van der Waals surface area contributed by atoms with Crippen LogP contribution in [0.15, 0.2) is 51.8 Å². The van der Waals surface area contributed by atoms with E-state index in [0.717, 1.165) is 84.4 Å². The molecule has 188 valence electrons. The summed E-state index contributed by atoms with van der Waals surface area (Å²) >= 11 is 0. The summed E-state index contributed by atoms with van der Waals surface area (Å²) < 4.78 is 6.92. The molecule has 2 aromatic carbocycles. The van der Waals surface area contributed by atoms with Gasteiger partial charge in [-0.3, -0.25) is 14.3 Å². The Morgan fingerprint density at radius 1 is 1.00 bits per heavy atom. The van der Waals surface area contributed by atoms with Crippen LogP contribution in [0.25, 0.3) is 11.6 Å². The molecule has 0 saturated carbocycles. The number of Topliss-reactive ketones (excluding diaryl/α,β-unsaturated/α-hetero) is 1. The minimum absolute atomic E-state index is 0.222. The van der Waals surface area contributed by atoms with Gasteiger partial charge in [0.2, 0.25) is 0 Å². The number of aromatic amines is 1. The van der Waals surface area contributed by atoms with Gasteiger partial charge in [0.1, 0.15) is 11.5 Å². The Morgan fingerprint density at radius 2 is 1.81 bits per heavy atom. The predicted octanol–water partition coefficient (Wildman–Crippen LogP) is 5.16. The minimum atomic E-state index is -0.568. The number of carbonyl (C=O) groups excluding carboxylic acids is 1. The molecular formula is C30H30N4O3. The van der Waals surface area contributed by atoms with E-state index in [1.165, 1.54) is 11.1 Å².